The van der Waals surface area contributed by atoms with Crippen LogP contribution in [0.5, 0.6) is 5.75 Å². The molecule has 0 bridgehead atoms. The number of ether oxygens (including phenoxy) is 1. The third-order valence-electron chi connectivity index (χ3n) is 5.55. The number of benzene rings is 3. The first kappa shape index (κ1) is 25.3. The molecule has 0 saturated carbocycles. The summed E-state index contributed by atoms with van der Waals surface area (Å²) in [6.07, 6.45) is -0.222. The van der Waals surface area contributed by atoms with Crippen LogP contribution in [0.3, 0.4) is 0 Å². The van der Waals surface area contributed by atoms with Gasteiger partial charge in [0.15, 0.2) is 0 Å². The molecule has 3 amide bonds. The van der Waals surface area contributed by atoms with Gasteiger partial charge in [-0.15, -0.1) is 0 Å². The quantitative estimate of drug-likeness (QED) is 0.411. The van der Waals surface area contributed by atoms with Crippen LogP contribution in [0.25, 0.3) is 0 Å². The molecule has 184 valence electrons. The van der Waals surface area contributed by atoms with Gasteiger partial charge < -0.3 is 10.1 Å². The molecule has 8 nitrogen and oxygen atoms in total. The molecule has 2 N–H and O–H groups in total. The highest BCUT2D eigenvalue weighted by Gasteiger charge is 2.45. The number of methoxy groups -OCH3 is 1. The van der Waals surface area contributed by atoms with Crippen LogP contribution < -0.4 is 20.4 Å². The minimum atomic E-state index is -1.04. The van der Waals surface area contributed by atoms with E-state index in [-0.39, 0.29) is 17.4 Å². The van der Waals surface area contributed by atoms with E-state index >= 15 is 0 Å². The van der Waals surface area contributed by atoms with Crippen molar-refractivity contribution in [1.82, 2.24) is 10.4 Å². The van der Waals surface area contributed by atoms with E-state index < -0.39 is 17.9 Å². The van der Waals surface area contributed by atoms with Crippen molar-refractivity contribution >= 4 is 62.4 Å². The van der Waals surface area contributed by atoms with E-state index in [4.69, 9.17) is 17.0 Å². The molecular weight excluding hydrogens is 544 g/mol. The zero-order valence-electron chi connectivity index (χ0n) is 19.5. The molecule has 36 heavy (non-hydrogen) atoms. The lowest BCUT2D eigenvalue weighted by atomic mass is 10.1. The predicted octanol–water partition coefficient (Wildman–Crippen LogP) is 4.44. The maximum Gasteiger partial charge on any atom is 0.269 e. The third-order valence-corrected chi connectivity index (χ3v) is 6.46. The van der Waals surface area contributed by atoms with Gasteiger partial charge in [0.25, 0.3) is 11.8 Å². The Kier molecular flexibility index (Phi) is 7.66. The molecular formula is C26H23BrN4O4S. The van der Waals surface area contributed by atoms with Crippen molar-refractivity contribution in [2.75, 3.05) is 17.3 Å². The molecule has 0 aliphatic carbocycles. The number of rotatable bonds is 7. The Labute approximate surface area is 222 Å². The molecule has 1 aliphatic rings. The summed E-state index contributed by atoms with van der Waals surface area (Å²) in [7, 11) is 1.54. The van der Waals surface area contributed by atoms with Crippen molar-refractivity contribution in [3.63, 3.8) is 0 Å². The zero-order valence-corrected chi connectivity index (χ0v) is 21.9. The van der Waals surface area contributed by atoms with Crippen molar-refractivity contribution in [1.29, 1.82) is 0 Å². The van der Waals surface area contributed by atoms with Crippen LogP contribution in [0.15, 0.2) is 77.3 Å². The SMILES string of the molecule is COc1ccc(N2C(=O)C(CC(=O)Nc3cccc(C)c3)N(NC(=O)c3ccc(Br)cc3)C2=S)cc1. The lowest BCUT2D eigenvalue weighted by Gasteiger charge is -2.24. The molecule has 10 heteroatoms. The Morgan fingerprint density at radius 3 is 2.39 bits per heavy atom. The summed E-state index contributed by atoms with van der Waals surface area (Å²) in [6, 6.07) is 19.8. The summed E-state index contributed by atoms with van der Waals surface area (Å²) < 4.78 is 6.02. The number of thiocarbonyl (C=S) groups is 1. The predicted molar refractivity (Wildman–Crippen MR) is 145 cm³/mol. The van der Waals surface area contributed by atoms with E-state index in [1.807, 2.05) is 25.1 Å². The second-order valence-corrected chi connectivity index (χ2v) is 9.39. The molecule has 3 aromatic carbocycles. The highest BCUT2D eigenvalue weighted by atomic mass is 79.9. The van der Waals surface area contributed by atoms with Crippen LogP contribution in [0.1, 0.15) is 22.3 Å². The van der Waals surface area contributed by atoms with E-state index in [9.17, 15) is 14.4 Å². The average Bonchev–Trinajstić information content (AvgIpc) is 3.08. The van der Waals surface area contributed by atoms with E-state index in [2.05, 4.69) is 26.7 Å². The van der Waals surface area contributed by atoms with Crippen molar-refractivity contribution < 1.29 is 19.1 Å². The standard InChI is InChI=1S/C26H23BrN4O4S/c1-16-4-3-5-19(14-16)28-23(32)15-22-25(34)30(20-10-12-21(35-2)13-11-20)26(36)31(22)29-24(33)17-6-8-18(27)9-7-17/h3-14,22H,15H2,1-2H3,(H,28,32)(H,29,33). The highest BCUT2D eigenvalue weighted by molar-refractivity contribution is 9.10. The summed E-state index contributed by atoms with van der Waals surface area (Å²) in [4.78, 5) is 40.7. The fourth-order valence-electron chi connectivity index (χ4n) is 3.75. The van der Waals surface area contributed by atoms with Gasteiger partial charge in [0.2, 0.25) is 11.0 Å². The van der Waals surface area contributed by atoms with E-state index in [1.54, 1.807) is 61.7 Å². The number of anilines is 2. The number of amides is 3. The normalized spacial score (nSPS) is 15.1. The van der Waals surface area contributed by atoms with Crippen molar-refractivity contribution in [2.24, 2.45) is 0 Å². The van der Waals surface area contributed by atoms with Crippen LogP contribution in [0, 0.1) is 6.92 Å². The number of aryl methyl sites for hydroxylation is 1. The van der Waals surface area contributed by atoms with Crippen molar-refractivity contribution in [2.45, 2.75) is 19.4 Å². The first-order chi connectivity index (χ1) is 17.3. The van der Waals surface area contributed by atoms with Crippen LogP contribution in [-0.2, 0) is 9.59 Å². The summed E-state index contributed by atoms with van der Waals surface area (Å²) in [6.45, 7) is 1.92. The van der Waals surface area contributed by atoms with Crippen LogP contribution >= 0.6 is 28.1 Å². The van der Waals surface area contributed by atoms with Gasteiger partial charge in [-0.2, -0.15) is 0 Å². The van der Waals surface area contributed by atoms with Crippen LogP contribution in [0.2, 0.25) is 0 Å². The fraction of sp³-hybridized carbons (Fsp3) is 0.154. The largest absolute Gasteiger partial charge is 0.497 e. The topological polar surface area (TPSA) is 91.0 Å². The molecule has 1 saturated heterocycles. The molecule has 1 unspecified atom stereocenters. The first-order valence-electron chi connectivity index (χ1n) is 11.0. The number of nitrogens with one attached hydrogen (secondary N) is 2. The molecule has 1 atom stereocenters. The number of carbonyl (C=O) groups is 3. The first-order valence-corrected chi connectivity index (χ1v) is 12.2. The Morgan fingerprint density at radius 2 is 1.75 bits per heavy atom. The molecule has 0 radical (unpaired) electrons. The van der Waals surface area contributed by atoms with Gasteiger partial charge in [-0.05, 0) is 85.4 Å². The fourth-order valence-corrected chi connectivity index (χ4v) is 4.39. The van der Waals surface area contributed by atoms with Crippen LogP contribution in [0.4, 0.5) is 11.4 Å². The van der Waals surface area contributed by atoms with Gasteiger partial charge in [-0.25, -0.2) is 5.01 Å². The van der Waals surface area contributed by atoms with Crippen molar-refractivity contribution in [3.8, 4) is 5.75 Å². The Hall–Kier alpha value is -3.76. The van der Waals surface area contributed by atoms with Gasteiger partial charge in [0, 0.05) is 15.7 Å². The molecule has 0 aromatic heterocycles. The number of hydrogen-bond donors (Lipinski definition) is 2. The monoisotopic (exact) mass is 566 g/mol. The minimum absolute atomic E-state index is 0.0592. The maximum atomic E-state index is 13.5. The minimum Gasteiger partial charge on any atom is -0.497 e. The van der Waals surface area contributed by atoms with E-state index in [1.165, 1.54) is 9.91 Å². The lowest BCUT2D eigenvalue weighted by Crippen LogP contribution is -2.49. The average molecular weight is 567 g/mol. The maximum absolute atomic E-state index is 13.5. The second kappa shape index (κ2) is 10.9. The Bertz CT molecular complexity index is 1310. The van der Waals surface area contributed by atoms with Gasteiger partial charge in [-0.3, -0.25) is 24.7 Å². The Morgan fingerprint density at radius 1 is 1.06 bits per heavy atom. The summed E-state index contributed by atoms with van der Waals surface area (Å²) in [5.74, 6) is -0.661. The highest BCUT2D eigenvalue weighted by Crippen LogP contribution is 2.28. The van der Waals surface area contributed by atoms with Gasteiger partial charge >= 0.3 is 0 Å². The molecule has 1 heterocycles. The molecule has 1 aliphatic heterocycles. The summed E-state index contributed by atoms with van der Waals surface area (Å²) in [5, 5.41) is 4.15. The zero-order chi connectivity index (χ0) is 25.8. The molecule has 4 rings (SSSR count). The summed E-state index contributed by atoms with van der Waals surface area (Å²) >= 11 is 8.94. The van der Waals surface area contributed by atoms with E-state index in [0.29, 0.717) is 22.7 Å². The second-order valence-electron chi connectivity index (χ2n) is 8.11. The number of hydrazine groups is 1. The van der Waals surface area contributed by atoms with Gasteiger partial charge in [-0.1, -0.05) is 28.1 Å². The molecule has 1 fully saturated rings. The molecule has 3 aromatic rings. The van der Waals surface area contributed by atoms with E-state index in [0.717, 1.165) is 10.0 Å². The van der Waals surface area contributed by atoms with Gasteiger partial charge in [0.05, 0.1) is 19.2 Å². The number of nitrogens with zero attached hydrogens (tertiary/aromatic N) is 2. The van der Waals surface area contributed by atoms with Gasteiger partial charge in [0.1, 0.15) is 11.8 Å². The molecule has 0 spiro atoms. The third kappa shape index (κ3) is 5.55. The Balaban J connectivity index is 1.60. The number of hydrogen-bond acceptors (Lipinski definition) is 5. The number of halogens is 1. The summed E-state index contributed by atoms with van der Waals surface area (Å²) in [5.41, 5.74) is 5.19. The van der Waals surface area contributed by atoms with Crippen molar-refractivity contribution in [3.05, 3.63) is 88.4 Å². The van der Waals surface area contributed by atoms with Crippen LogP contribution in [-0.4, -0.2) is 41.0 Å². The lowest BCUT2D eigenvalue weighted by molar-refractivity contribution is -0.124. The number of carbonyl (C=O) groups excluding carboxylic acids is 3. The smallest absolute Gasteiger partial charge is 0.269 e.